The first-order valence-electron chi connectivity index (χ1n) is 33.1. The van der Waals surface area contributed by atoms with Crippen LogP contribution in [0.15, 0.2) is 164 Å². The van der Waals surface area contributed by atoms with Gasteiger partial charge in [-0.25, -0.2) is 0 Å². The number of hydrogen-bond donors (Lipinski definition) is 0. The van der Waals surface area contributed by atoms with Gasteiger partial charge in [0.05, 0.1) is 11.1 Å². The molecule has 0 aromatic heterocycles. The molecule has 0 N–H and O–H groups in total. The minimum atomic E-state index is 0.0309. The van der Waals surface area contributed by atoms with Crippen LogP contribution in [0.5, 0.6) is 0 Å². The second kappa shape index (κ2) is 20.3. The van der Waals surface area contributed by atoms with Crippen LogP contribution < -0.4 is 36.0 Å². The number of benzene rings is 8. The lowest BCUT2D eigenvalue weighted by Gasteiger charge is -2.53. The minimum Gasteiger partial charge on any atom is -0.335 e. The zero-order chi connectivity index (χ0) is 61.8. The molecule has 4 unspecified atom stereocenters. The highest BCUT2D eigenvalue weighted by molar-refractivity contribution is 7.00. The number of anilines is 10. The zero-order valence-corrected chi connectivity index (χ0v) is 56.1. The quantitative estimate of drug-likeness (QED) is 0.159. The first-order chi connectivity index (χ1) is 41.0. The Bertz CT molecular complexity index is 3970. The zero-order valence-electron chi connectivity index (χ0n) is 56.1. The topological polar surface area (TPSA) is 13.0 Å². The maximum Gasteiger partial charge on any atom is 0.252 e. The Labute approximate surface area is 524 Å². The fourth-order valence-corrected chi connectivity index (χ4v) is 17.0. The molecule has 14 rings (SSSR count). The molecule has 4 atom stereocenters. The standard InChI is InChI=1S/C41H47BN2.C41H50N2/c1-26-22-34-36-35(23-26)44-37-30(40(8)20-10-11-21-41(40,44)9)16-13-17-32(37)42(36)31-19-18-28(39(5,6)7)25-33(31)43(34)29-15-12-14-27(24-29)38(2,3)4;1-29-24-34(28-35(25-29)43-37-21-11-10-20-36(37)40(8)22-12-13-23-41(40,43)9)42(32-18-14-16-30(26-32)38(2,3)4)33-19-15-17-31(27-33)39(5,6)7/h12-19,22-25H,10-11,20-21H2,1-9H3;10-11,14-21,24-28H,12-13,22-23H2,1-9H3. The van der Waals surface area contributed by atoms with E-state index >= 15 is 0 Å². The highest BCUT2D eigenvalue weighted by Gasteiger charge is 2.62. The van der Waals surface area contributed by atoms with Crippen molar-refractivity contribution < 1.29 is 0 Å². The number of fused-ring (bicyclic) bond motifs is 10. The highest BCUT2D eigenvalue weighted by Crippen LogP contribution is 2.63. The summed E-state index contributed by atoms with van der Waals surface area (Å²) in [4.78, 5) is 10.6. The number of hydrogen-bond acceptors (Lipinski definition) is 4. The molecule has 8 aromatic carbocycles. The predicted molar refractivity (Wildman–Crippen MR) is 377 cm³/mol. The van der Waals surface area contributed by atoms with Gasteiger partial charge in [-0.2, -0.15) is 0 Å². The van der Waals surface area contributed by atoms with Gasteiger partial charge in [-0.3, -0.25) is 0 Å². The van der Waals surface area contributed by atoms with Gasteiger partial charge in [-0.15, -0.1) is 0 Å². The molecule has 0 spiro atoms. The van der Waals surface area contributed by atoms with Crippen LogP contribution >= 0.6 is 0 Å². The lowest BCUT2D eigenvalue weighted by atomic mass is 9.33. The molecule has 0 radical (unpaired) electrons. The molecular weight excluding hydrogens is 1050 g/mol. The van der Waals surface area contributed by atoms with Crippen molar-refractivity contribution in [1.82, 2.24) is 0 Å². The maximum absolute atomic E-state index is 2.83. The van der Waals surface area contributed by atoms with E-state index in [1.807, 2.05) is 0 Å². The third kappa shape index (κ3) is 9.26. The van der Waals surface area contributed by atoms with E-state index in [1.165, 1.54) is 164 Å². The molecule has 2 saturated carbocycles. The van der Waals surface area contributed by atoms with Gasteiger partial charge in [-0.1, -0.05) is 208 Å². The molecule has 0 amide bonds. The Kier molecular flexibility index (Phi) is 13.8. The van der Waals surface area contributed by atoms with E-state index in [-0.39, 0.29) is 50.3 Å². The lowest BCUT2D eigenvalue weighted by molar-refractivity contribution is 0.195. The summed E-state index contributed by atoms with van der Waals surface area (Å²) in [5.41, 5.74) is 29.3. The summed E-state index contributed by atoms with van der Waals surface area (Å²) in [5, 5.41) is 0. The monoisotopic (exact) mass is 1150 g/mol. The largest absolute Gasteiger partial charge is 0.335 e. The van der Waals surface area contributed by atoms with E-state index in [2.05, 4.69) is 308 Å². The Hall–Kier alpha value is -6.98. The fourth-order valence-electron chi connectivity index (χ4n) is 17.0. The fraction of sp³-hybridized carbons (Fsp3) is 0.415. The molecule has 0 saturated heterocycles. The third-order valence-corrected chi connectivity index (χ3v) is 22.5. The number of para-hydroxylation sites is 2. The number of nitrogens with zero attached hydrogens (tertiary/aromatic N) is 4. The Morgan fingerprint density at radius 3 is 1.51 bits per heavy atom. The molecule has 87 heavy (non-hydrogen) atoms. The first-order valence-corrected chi connectivity index (χ1v) is 33.1. The molecule has 4 nitrogen and oxygen atoms in total. The third-order valence-electron chi connectivity index (χ3n) is 22.5. The van der Waals surface area contributed by atoms with Crippen LogP contribution in [-0.4, -0.2) is 17.8 Å². The Morgan fingerprint density at radius 2 is 0.885 bits per heavy atom. The second-order valence-electron chi connectivity index (χ2n) is 32.3. The lowest BCUT2D eigenvalue weighted by Crippen LogP contribution is -2.64. The summed E-state index contributed by atoms with van der Waals surface area (Å²) in [6.45, 7) is 42.7. The van der Waals surface area contributed by atoms with Crippen LogP contribution in [0, 0.1) is 13.8 Å². The van der Waals surface area contributed by atoms with Crippen molar-refractivity contribution in [3.63, 3.8) is 0 Å². The second-order valence-corrected chi connectivity index (χ2v) is 32.3. The molecule has 448 valence electrons. The average Bonchev–Trinajstić information content (AvgIpc) is 1.56. The van der Waals surface area contributed by atoms with Crippen LogP contribution in [0.25, 0.3) is 0 Å². The number of rotatable bonds is 5. The van der Waals surface area contributed by atoms with Gasteiger partial charge in [-0.05, 0) is 215 Å². The minimum absolute atomic E-state index is 0.0309. The van der Waals surface area contributed by atoms with Gasteiger partial charge in [0.2, 0.25) is 0 Å². The van der Waals surface area contributed by atoms with Crippen molar-refractivity contribution in [2.45, 2.75) is 220 Å². The molecule has 0 bridgehead atoms. The van der Waals surface area contributed by atoms with Crippen molar-refractivity contribution in [3.05, 3.63) is 208 Å². The van der Waals surface area contributed by atoms with Crippen molar-refractivity contribution in [3.8, 4) is 0 Å². The molecule has 5 heteroatoms. The van der Waals surface area contributed by atoms with E-state index in [0.717, 1.165) is 0 Å². The van der Waals surface area contributed by atoms with Gasteiger partial charge in [0.1, 0.15) is 0 Å². The van der Waals surface area contributed by atoms with Crippen molar-refractivity contribution in [2.24, 2.45) is 0 Å². The summed E-state index contributed by atoms with van der Waals surface area (Å²) < 4.78 is 0. The summed E-state index contributed by atoms with van der Waals surface area (Å²) >= 11 is 0. The molecule has 6 aliphatic rings. The van der Waals surface area contributed by atoms with Gasteiger partial charge in [0.15, 0.2) is 0 Å². The molecule has 8 aromatic rings. The smallest absolute Gasteiger partial charge is 0.252 e. The van der Waals surface area contributed by atoms with E-state index in [1.54, 1.807) is 5.56 Å². The van der Waals surface area contributed by atoms with Crippen LogP contribution in [-0.2, 0) is 32.5 Å². The van der Waals surface area contributed by atoms with Crippen molar-refractivity contribution in [1.29, 1.82) is 0 Å². The van der Waals surface area contributed by atoms with E-state index in [9.17, 15) is 0 Å². The van der Waals surface area contributed by atoms with Crippen LogP contribution in [0.4, 0.5) is 56.9 Å². The SMILES string of the molecule is Cc1cc(N(c2cccc(C(C)(C)C)c2)c2cccc(C(C)(C)C)c2)cc(N2c3ccccc3C3(C)CCCCC23C)c1.Cc1cc2c3c(c1)N1c4c(cccc4C4(C)CCCCC14C)B3c1ccc(C(C)(C)C)cc1N2c1cccc(C(C)(C)C)c1. The molecule has 4 aliphatic heterocycles. The van der Waals surface area contributed by atoms with E-state index < -0.39 is 0 Å². The van der Waals surface area contributed by atoms with Gasteiger partial charge in [0.25, 0.3) is 6.71 Å². The highest BCUT2D eigenvalue weighted by atomic mass is 15.3. The van der Waals surface area contributed by atoms with Crippen LogP contribution in [0.3, 0.4) is 0 Å². The Balaban J connectivity index is 0.000000161. The average molecular weight is 1150 g/mol. The molecular formula is C82H97BN4. The van der Waals surface area contributed by atoms with E-state index in [4.69, 9.17) is 0 Å². The number of aryl methyl sites for hydroxylation is 2. The summed E-state index contributed by atoms with van der Waals surface area (Å²) in [6, 6.07) is 63.6. The van der Waals surface area contributed by atoms with Crippen molar-refractivity contribution in [2.75, 3.05) is 19.6 Å². The Morgan fingerprint density at radius 1 is 0.379 bits per heavy atom. The van der Waals surface area contributed by atoms with Crippen molar-refractivity contribution >= 4 is 80.0 Å². The maximum atomic E-state index is 2.83. The molecule has 4 heterocycles. The normalized spacial score (nSPS) is 22.6. The van der Waals surface area contributed by atoms with Crippen LogP contribution in [0.2, 0.25) is 0 Å². The summed E-state index contributed by atoms with van der Waals surface area (Å²) in [6.07, 6.45) is 10.1. The summed E-state index contributed by atoms with van der Waals surface area (Å²) in [5.74, 6) is 0. The summed E-state index contributed by atoms with van der Waals surface area (Å²) in [7, 11) is 0. The molecule has 2 aliphatic carbocycles. The van der Waals surface area contributed by atoms with Crippen LogP contribution in [0.1, 0.15) is 207 Å². The molecule has 2 fully saturated rings. The first kappa shape index (κ1) is 59.0. The predicted octanol–water partition coefficient (Wildman–Crippen LogP) is 20.7. The van der Waals surface area contributed by atoms with Gasteiger partial charge in [0, 0.05) is 67.7 Å². The van der Waals surface area contributed by atoms with E-state index in [0.29, 0.717) is 0 Å². The van der Waals surface area contributed by atoms with Gasteiger partial charge >= 0.3 is 0 Å². The van der Waals surface area contributed by atoms with Gasteiger partial charge < -0.3 is 19.6 Å².